The van der Waals surface area contributed by atoms with Crippen LogP contribution in [-0.2, 0) is 42.9 Å². The lowest BCUT2D eigenvalue weighted by molar-refractivity contribution is -0.301. The van der Waals surface area contributed by atoms with Crippen LogP contribution in [0.3, 0.4) is 0 Å². The highest BCUT2D eigenvalue weighted by Crippen LogP contribution is 2.26. The van der Waals surface area contributed by atoms with Gasteiger partial charge in [0.25, 0.3) is 0 Å². The van der Waals surface area contributed by atoms with Gasteiger partial charge in [0.15, 0.2) is 24.6 Å². The Morgan fingerprint density at radius 1 is 0.467 bits per heavy atom. The highest BCUT2D eigenvalue weighted by atomic mass is 16.7. The van der Waals surface area contributed by atoms with Crippen LogP contribution in [0.2, 0.25) is 0 Å². The third-order valence-electron chi connectivity index (χ3n) is 12.4. The van der Waals surface area contributed by atoms with Gasteiger partial charge in [0, 0.05) is 12.8 Å². The number of esters is 3. The molecule has 0 amide bonds. The molecular weight excluding hydrogens is 949 g/mol. The quantitative estimate of drug-likeness (QED) is 0.0228. The molecule has 1 saturated heterocycles. The van der Waals surface area contributed by atoms with E-state index in [2.05, 4.69) is 112 Å². The van der Waals surface area contributed by atoms with Crippen LogP contribution in [0, 0.1) is 0 Å². The summed E-state index contributed by atoms with van der Waals surface area (Å²) in [7, 11) is 0. The van der Waals surface area contributed by atoms with Crippen LogP contribution >= 0.6 is 0 Å². The molecule has 0 saturated carbocycles. The van der Waals surface area contributed by atoms with Crippen LogP contribution in [0.4, 0.5) is 0 Å². The predicted octanol–water partition coefficient (Wildman–Crippen LogP) is 14.7. The number of hydrogen-bond acceptors (Lipinski definition) is 11. The second kappa shape index (κ2) is 50.2. The Bertz CT molecular complexity index is 1720. The van der Waals surface area contributed by atoms with Crippen molar-refractivity contribution >= 4 is 23.9 Å². The van der Waals surface area contributed by atoms with Gasteiger partial charge in [-0.3, -0.25) is 14.4 Å². The maximum absolute atomic E-state index is 13.1. The van der Waals surface area contributed by atoms with E-state index >= 15 is 0 Å². The molecule has 1 aliphatic heterocycles. The van der Waals surface area contributed by atoms with E-state index in [0.717, 1.165) is 96.3 Å². The van der Waals surface area contributed by atoms with Gasteiger partial charge in [0.05, 0.1) is 13.0 Å². The number of aliphatic carboxylic acids is 1. The van der Waals surface area contributed by atoms with Gasteiger partial charge in [0.2, 0.25) is 0 Å². The third-order valence-corrected chi connectivity index (χ3v) is 12.4. The first kappa shape index (κ1) is 68.4. The summed E-state index contributed by atoms with van der Waals surface area (Å²) in [4.78, 5) is 51.0. The number of hydrogen-bond donors (Lipinski definition) is 3. The van der Waals surface area contributed by atoms with Gasteiger partial charge >= 0.3 is 23.9 Å². The fraction of sp³-hybridized carbons (Fsp3) is 0.651. The first-order valence-corrected chi connectivity index (χ1v) is 28.9. The Morgan fingerprint density at radius 2 is 0.880 bits per heavy atom. The molecule has 1 rings (SSSR count). The number of carboxylic acids is 1. The zero-order valence-electron chi connectivity index (χ0n) is 46.5. The van der Waals surface area contributed by atoms with E-state index in [1.165, 1.54) is 57.8 Å². The van der Waals surface area contributed by atoms with Crippen molar-refractivity contribution in [1.29, 1.82) is 0 Å². The number of carbonyl (C=O) groups excluding carboxylic acids is 3. The van der Waals surface area contributed by atoms with E-state index in [9.17, 15) is 34.5 Å². The summed E-state index contributed by atoms with van der Waals surface area (Å²) >= 11 is 0. The first-order valence-electron chi connectivity index (χ1n) is 28.9. The minimum absolute atomic E-state index is 0.0195. The van der Waals surface area contributed by atoms with Crippen LogP contribution in [-0.4, -0.2) is 89.2 Å². The number of unbranched alkanes of at least 4 members (excludes halogenated alkanes) is 16. The Morgan fingerprint density at radius 3 is 1.35 bits per heavy atom. The zero-order valence-corrected chi connectivity index (χ0v) is 46.5. The molecule has 3 N–H and O–H groups in total. The number of carbonyl (C=O) groups is 4. The zero-order chi connectivity index (χ0) is 54.7. The fourth-order valence-electron chi connectivity index (χ4n) is 8.02. The van der Waals surface area contributed by atoms with Crippen molar-refractivity contribution in [1.82, 2.24) is 0 Å². The van der Waals surface area contributed by atoms with Gasteiger partial charge in [-0.05, 0) is 83.5 Å². The highest BCUT2D eigenvalue weighted by molar-refractivity contribution is 5.74. The lowest BCUT2D eigenvalue weighted by Crippen LogP contribution is -2.61. The average Bonchev–Trinajstić information content (AvgIpc) is 3.39. The maximum Gasteiger partial charge on any atom is 0.335 e. The van der Waals surface area contributed by atoms with Crippen molar-refractivity contribution in [3.8, 4) is 0 Å². The summed E-state index contributed by atoms with van der Waals surface area (Å²) in [5.74, 6) is -3.32. The van der Waals surface area contributed by atoms with E-state index in [0.29, 0.717) is 19.3 Å². The van der Waals surface area contributed by atoms with E-state index in [-0.39, 0.29) is 25.9 Å². The Hall–Kier alpha value is -4.62. The Labute approximate surface area is 453 Å². The van der Waals surface area contributed by atoms with E-state index in [1.807, 2.05) is 12.2 Å². The first-order chi connectivity index (χ1) is 36.6. The third kappa shape index (κ3) is 40.3. The lowest BCUT2D eigenvalue weighted by atomic mass is 9.98. The number of rotatable bonds is 47. The summed E-state index contributed by atoms with van der Waals surface area (Å²) in [6.45, 7) is 5.65. The van der Waals surface area contributed by atoms with Crippen molar-refractivity contribution in [2.24, 2.45) is 0 Å². The number of aliphatic hydroxyl groups excluding tert-OH is 2. The molecule has 12 heteroatoms. The van der Waals surface area contributed by atoms with Gasteiger partial charge in [0.1, 0.15) is 18.8 Å². The molecule has 12 nitrogen and oxygen atoms in total. The van der Waals surface area contributed by atoms with Gasteiger partial charge in [-0.1, -0.05) is 220 Å². The smallest absolute Gasteiger partial charge is 0.335 e. The van der Waals surface area contributed by atoms with Crippen LogP contribution in [0.1, 0.15) is 213 Å². The topological polar surface area (TPSA) is 175 Å². The molecule has 0 bridgehead atoms. The van der Waals surface area contributed by atoms with Crippen molar-refractivity contribution in [3.05, 3.63) is 109 Å². The van der Waals surface area contributed by atoms with Gasteiger partial charge in [-0.25, -0.2) is 4.79 Å². The van der Waals surface area contributed by atoms with Crippen molar-refractivity contribution < 1.29 is 58.2 Å². The fourth-order valence-corrected chi connectivity index (χ4v) is 8.02. The molecular formula is C63H100O12. The summed E-state index contributed by atoms with van der Waals surface area (Å²) < 4.78 is 28.3. The molecule has 424 valence electrons. The Kier molecular flexibility index (Phi) is 45.8. The molecule has 6 unspecified atom stereocenters. The summed E-state index contributed by atoms with van der Waals surface area (Å²) in [6, 6.07) is 0. The van der Waals surface area contributed by atoms with Crippen LogP contribution in [0.25, 0.3) is 0 Å². The number of aliphatic hydroxyl groups is 2. The molecule has 75 heavy (non-hydrogen) atoms. The van der Waals surface area contributed by atoms with Crippen molar-refractivity contribution in [2.75, 3.05) is 13.2 Å². The summed E-state index contributed by atoms with van der Waals surface area (Å²) in [6.07, 6.45) is 55.1. The van der Waals surface area contributed by atoms with Gasteiger partial charge in [-0.2, -0.15) is 0 Å². The predicted molar refractivity (Wildman–Crippen MR) is 303 cm³/mol. The van der Waals surface area contributed by atoms with Gasteiger partial charge < -0.3 is 39.0 Å². The van der Waals surface area contributed by atoms with Crippen LogP contribution < -0.4 is 0 Å². The number of carboxylic acid groups (broad SMARTS) is 1. The summed E-state index contributed by atoms with van der Waals surface area (Å²) in [5.41, 5.74) is 0. The molecule has 0 aromatic carbocycles. The second-order valence-electron chi connectivity index (χ2n) is 19.2. The van der Waals surface area contributed by atoms with E-state index in [1.54, 1.807) is 6.08 Å². The number of allylic oxidation sites excluding steroid dienone is 17. The minimum Gasteiger partial charge on any atom is -0.479 e. The van der Waals surface area contributed by atoms with Crippen LogP contribution in [0.15, 0.2) is 109 Å². The standard InChI is InChI=1S/C63H100O12/c1-4-7-10-13-16-19-22-25-27-28-30-33-36-39-42-45-48-51-57(66)74-61-59(68)58(67)60(62(69)70)75-63(61)72-53-54(73-56(65)50-47-44-41-38-35-31-24-21-18-15-12-9-6-3)52-71-55(64)49-46-43-40-37-34-32-29-26-23-20-17-14-11-8-5-2/h7-8,10-11,16-17,19-20,25-27,29-30,33-34,37,43,46,54,58-61,63,67-68H,4-6,9,12-15,18,21-24,28,31-32,35-36,38-42,44-45,47-53H2,1-3H3,(H,69,70)/b10-7-,11-8-,19-16-,20-17-,27-25-,29-26-,33-30-,37-34-,46-43-. The van der Waals surface area contributed by atoms with E-state index in [4.69, 9.17) is 23.7 Å². The molecule has 0 radical (unpaired) electrons. The van der Waals surface area contributed by atoms with Crippen molar-refractivity contribution in [2.45, 2.75) is 250 Å². The minimum atomic E-state index is -1.93. The Balaban J connectivity index is 2.77. The maximum atomic E-state index is 13.1. The monoisotopic (exact) mass is 1050 g/mol. The SMILES string of the molecule is CC/C=C\C/C=C\C/C=C\C/C=C\C/C=C\CC(=O)OCC(COC1OC(C(=O)O)C(O)C(O)C1OC(=O)CCCCCC/C=C\C/C=C\C/C=C\C/C=C\CC)OC(=O)CCCCCCCCCCCCCCC. The molecule has 0 aromatic rings. The molecule has 1 heterocycles. The molecule has 0 aromatic heterocycles. The largest absolute Gasteiger partial charge is 0.479 e. The van der Waals surface area contributed by atoms with Crippen LogP contribution in [0.5, 0.6) is 0 Å². The molecule has 1 aliphatic rings. The molecule has 6 atom stereocenters. The second-order valence-corrected chi connectivity index (χ2v) is 19.2. The molecule has 1 fully saturated rings. The van der Waals surface area contributed by atoms with E-state index < -0.39 is 67.3 Å². The lowest BCUT2D eigenvalue weighted by Gasteiger charge is -2.40. The van der Waals surface area contributed by atoms with Crippen molar-refractivity contribution in [3.63, 3.8) is 0 Å². The average molecular weight is 1050 g/mol. The summed E-state index contributed by atoms with van der Waals surface area (Å²) in [5, 5.41) is 31.5. The normalized spacial score (nSPS) is 19.0. The van der Waals surface area contributed by atoms with Gasteiger partial charge in [-0.15, -0.1) is 0 Å². The number of ether oxygens (including phenoxy) is 5. The highest BCUT2D eigenvalue weighted by Gasteiger charge is 2.50. The molecule has 0 aliphatic carbocycles. The molecule has 0 spiro atoms.